The number of hydrogen-bond donors (Lipinski definition) is 1. The standard InChI is InChI=1S/C14H18F2N4/c1-9-5-12(16)13(6-11(9)15)20-8-10(18-19-20)7-17-14(2,3)4/h5-6,8,17H,7H2,1-4H3. The maximum absolute atomic E-state index is 13.8. The minimum Gasteiger partial charge on any atom is -0.306 e. The summed E-state index contributed by atoms with van der Waals surface area (Å²) >= 11 is 0. The molecule has 1 heterocycles. The Hall–Kier alpha value is -1.82. The zero-order valence-electron chi connectivity index (χ0n) is 12.0. The third-order valence-electron chi connectivity index (χ3n) is 2.82. The molecule has 0 spiro atoms. The lowest BCUT2D eigenvalue weighted by molar-refractivity contribution is 0.421. The second-order valence-electron chi connectivity index (χ2n) is 5.81. The zero-order valence-corrected chi connectivity index (χ0v) is 12.0. The number of hydrogen-bond acceptors (Lipinski definition) is 3. The molecule has 0 aliphatic heterocycles. The van der Waals surface area contributed by atoms with Crippen LogP contribution in [0.15, 0.2) is 18.3 Å². The highest BCUT2D eigenvalue weighted by molar-refractivity contribution is 5.36. The van der Waals surface area contributed by atoms with E-state index in [1.54, 1.807) is 6.20 Å². The molecule has 0 atom stereocenters. The molecule has 0 aliphatic rings. The van der Waals surface area contributed by atoms with Crippen LogP contribution in [0.25, 0.3) is 5.69 Å². The largest absolute Gasteiger partial charge is 0.306 e. The Balaban J connectivity index is 2.23. The fourth-order valence-electron chi connectivity index (χ4n) is 1.66. The molecule has 1 aromatic carbocycles. The van der Waals surface area contributed by atoms with Gasteiger partial charge in [0.25, 0.3) is 0 Å². The molecule has 0 amide bonds. The molecule has 0 saturated heterocycles. The molecule has 4 nitrogen and oxygen atoms in total. The fraction of sp³-hybridized carbons (Fsp3) is 0.429. The molecule has 1 aromatic heterocycles. The molecule has 1 N–H and O–H groups in total. The number of benzene rings is 1. The Kier molecular flexibility index (Phi) is 3.85. The van der Waals surface area contributed by atoms with Gasteiger partial charge >= 0.3 is 0 Å². The Morgan fingerprint density at radius 1 is 1.20 bits per heavy atom. The molecule has 6 heteroatoms. The van der Waals surface area contributed by atoms with Crippen molar-refractivity contribution in [3.8, 4) is 5.69 Å². The number of halogens is 2. The minimum absolute atomic E-state index is 0.0506. The van der Waals surface area contributed by atoms with Crippen LogP contribution in [-0.4, -0.2) is 20.5 Å². The summed E-state index contributed by atoms with van der Waals surface area (Å²) in [5.74, 6) is -0.990. The number of nitrogens with zero attached hydrogens (tertiary/aromatic N) is 3. The highest BCUT2D eigenvalue weighted by Crippen LogP contribution is 2.17. The van der Waals surface area contributed by atoms with Crippen LogP contribution < -0.4 is 5.32 Å². The zero-order chi connectivity index (χ0) is 14.9. The topological polar surface area (TPSA) is 42.7 Å². The second-order valence-corrected chi connectivity index (χ2v) is 5.81. The van der Waals surface area contributed by atoms with Crippen LogP contribution in [-0.2, 0) is 6.54 Å². The van der Waals surface area contributed by atoms with Gasteiger partial charge in [-0.15, -0.1) is 5.10 Å². The van der Waals surface area contributed by atoms with Gasteiger partial charge in [0, 0.05) is 18.2 Å². The van der Waals surface area contributed by atoms with Crippen molar-refractivity contribution in [3.63, 3.8) is 0 Å². The van der Waals surface area contributed by atoms with E-state index in [-0.39, 0.29) is 16.8 Å². The van der Waals surface area contributed by atoms with Gasteiger partial charge in [-0.05, 0) is 39.3 Å². The maximum atomic E-state index is 13.8. The summed E-state index contributed by atoms with van der Waals surface area (Å²) < 4.78 is 28.6. The van der Waals surface area contributed by atoms with E-state index in [0.29, 0.717) is 12.2 Å². The summed E-state index contributed by atoms with van der Waals surface area (Å²) in [6.45, 7) is 8.13. The predicted molar refractivity (Wildman–Crippen MR) is 72.6 cm³/mol. The molecule has 108 valence electrons. The van der Waals surface area contributed by atoms with E-state index in [1.165, 1.54) is 11.6 Å². The van der Waals surface area contributed by atoms with Crippen molar-refractivity contribution in [2.75, 3.05) is 0 Å². The highest BCUT2D eigenvalue weighted by Gasteiger charge is 2.13. The van der Waals surface area contributed by atoms with E-state index >= 15 is 0 Å². The normalized spacial score (nSPS) is 11.9. The van der Waals surface area contributed by atoms with Crippen molar-refractivity contribution in [3.05, 3.63) is 41.2 Å². The molecular formula is C14H18F2N4. The van der Waals surface area contributed by atoms with Crippen molar-refractivity contribution in [2.24, 2.45) is 0 Å². The summed E-state index contributed by atoms with van der Waals surface area (Å²) in [5, 5.41) is 11.0. The third-order valence-corrected chi connectivity index (χ3v) is 2.82. The first-order valence-corrected chi connectivity index (χ1v) is 6.38. The van der Waals surface area contributed by atoms with Gasteiger partial charge in [0.15, 0.2) is 0 Å². The first-order valence-electron chi connectivity index (χ1n) is 6.38. The molecule has 0 bridgehead atoms. The number of nitrogens with one attached hydrogen (secondary N) is 1. The van der Waals surface area contributed by atoms with Gasteiger partial charge in [0.05, 0.1) is 11.9 Å². The fourth-order valence-corrected chi connectivity index (χ4v) is 1.66. The van der Waals surface area contributed by atoms with Crippen LogP contribution in [0.2, 0.25) is 0 Å². The molecular weight excluding hydrogens is 262 g/mol. The van der Waals surface area contributed by atoms with Crippen LogP contribution in [0.4, 0.5) is 8.78 Å². The third kappa shape index (κ3) is 3.39. The summed E-state index contributed by atoms with van der Waals surface area (Å²) in [6, 6.07) is 2.28. The van der Waals surface area contributed by atoms with Crippen molar-refractivity contribution in [1.29, 1.82) is 0 Å². The van der Waals surface area contributed by atoms with E-state index in [4.69, 9.17) is 0 Å². The highest BCUT2D eigenvalue weighted by atomic mass is 19.1. The van der Waals surface area contributed by atoms with Gasteiger partial charge in [0.2, 0.25) is 0 Å². The first kappa shape index (κ1) is 14.6. The van der Waals surface area contributed by atoms with Crippen molar-refractivity contribution in [2.45, 2.75) is 39.8 Å². The SMILES string of the molecule is Cc1cc(F)c(-n2cc(CNC(C)(C)C)nn2)cc1F. The molecule has 0 aliphatic carbocycles. The summed E-state index contributed by atoms with van der Waals surface area (Å²) in [5.41, 5.74) is 0.939. The van der Waals surface area contributed by atoms with Crippen LogP contribution >= 0.6 is 0 Å². The van der Waals surface area contributed by atoms with Crippen molar-refractivity contribution >= 4 is 0 Å². The van der Waals surface area contributed by atoms with Gasteiger partial charge < -0.3 is 5.32 Å². The molecule has 0 unspecified atom stereocenters. The Bertz CT molecular complexity index is 614. The van der Waals surface area contributed by atoms with Crippen molar-refractivity contribution in [1.82, 2.24) is 20.3 Å². The van der Waals surface area contributed by atoms with E-state index in [0.717, 1.165) is 12.1 Å². The van der Waals surface area contributed by atoms with Gasteiger partial charge in [-0.2, -0.15) is 0 Å². The number of aryl methyl sites for hydroxylation is 1. The van der Waals surface area contributed by atoms with E-state index in [9.17, 15) is 8.78 Å². The molecule has 0 radical (unpaired) electrons. The molecule has 0 saturated carbocycles. The molecule has 0 fully saturated rings. The quantitative estimate of drug-likeness (QED) is 0.940. The molecule has 20 heavy (non-hydrogen) atoms. The Morgan fingerprint density at radius 3 is 2.55 bits per heavy atom. The smallest absolute Gasteiger partial charge is 0.149 e. The van der Waals surface area contributed by atoms with E-state index in [1.807, 2.05) is 20.8 Å². The first-order chi connectivity index (χ1) is 9.26. The lowest BCUT2D eigenvalue weighted by Crippen LogP contribution is -2.35. The van der Waals surface area contributed by atoms with Crippen LogP contribution in [0, 0.1) is 18.6 Å². The molecule has 2 rings (SSSR count). The number of aromatic nitrogens is 3. The van der Waals surface area contributed by atoms with Crippen LogP contribution in [0.5, 0.6) is 0 Å². The average molecular weight is 280 g/mol. The summed E-state index contributed by atoms with van der Waals surface area (Å²) in [7, 11) is 0. The minimum atomic E-state index is -0.524. The van der Waals surface area contributed by atoms with Crippen LogP contribution in [0.3, 0.4) is 0 Å². The maximum Gasteiger partial charge on any atom is 0.149 e. The lowest BCUT2D eigenvalue weighted by atomic mass is 10.1. The van der Waals surface area contributed by atoms with Gasteiger partial charge in [-0.1, -0.05) is 5.21 Å². The monoisotopic (exact) mass is 280 g/mol. The summed E-state index contributed by atoms with van der Waals surface area (Å²) in [6.07, 6.45) is 1.59. The van der Waals surface area contributed by atoms with E-state index in [2.05, 4.69) is 15.6 Å². The van der Waals surface area contributed by atoms with E-state index < -0.39 is 11.6 Å². The van der Waals surface area contributed by atoms with Gasteiger partial charge in [0.1, 0.15) is 17.3 Å². The van der Waals surface area contributed by atoms with Crippen LogP contribution in [0.1, 0.15) is 32.0 Å². The van der Waals surface area contributed by atoms with Crippen molar-refractivity contribution < 1.29 is 8.78 Å². The average Bonchev–Trinajstić information content (AvgIpc) is 2.79. The lowest BCUT2D eigenvalue weighted by Gasteiger charge is -2.19. The Morgan fingerprint density at radius 2 is 1.90 bits per heavy atom. The van der Waals surface area contributed by atoms with Gasteiger partial charge in [-0.3, -0.25) is 0 Å². The Labute approximate surface area is 116 Å². The summed E-state index contributed by atoms with van der Waals surface area (Å²) in [4.78, 5) is 0. The number of rotatable bonds is 3. The van der Waals surface area contributed by atoms with Gasteiger partial charge in [-0.25, -0.2) is 13.5 Å². The molecule has 2 aromatic rings. The second kappa shape index (κ2) is 5.28. The predicted octanol–water partition coefficient (Wildman–Crippen LogP) is 2.74.